The van der Waals surface area contributed by atoms with E-state index in [4.69, 9.17) is 5.73 Å². The Hall–Kier alpha value is -1.22. The normalized spacial score (nSPS) is 10.1. The quantitative estimate of drug-likeness (QED) is 0.736. The van der Waals surface area contributed by atoms with Gasteiger partial charge in [-0.05, 0) is 26.0 Å². The number of nitrogens with zero attached hydrogens (tertiary/aromatic N) is 2. The molecule has 1 aromatic heterocycles. The van der Waals surface area contributed by atoms with Gasteiger partial charge in [-0.25, -0.2) is 4.98 Å². The maximum atomic E-state index is 5.89. The SMILES string of the molecule is CCn1c(C)nc2cccc(N)c21.Cl. The summed E-state index contributed by atoms with van der Waals surface area (Å²) in [5.41, 5.74) is 8.73. The summed E-state index contributed by atoms with van der Waals surface area (Å²) in [6, 6.07) is 5.84. The first-order chi connectivity index (χ1) is 6.24. The molecule has 76 valence electrons. The number of halogens is 1. The second-order valence-electron chi connectivity index (χ2n) is 3.12. The van der Waals surface area contributed by atoms with Crippen molar-refractivity contribution in [3.63, 3.8) is 0 Å². The molecule has 0 aliphatic carbocycles. The maximum absolute atomic E-state index is 5.89. The van der Waals surface area contributed by atoms with Crippen molar-refractivity contribution in [1.29, 1.82) is 0 Å². The second kappa shape index (κ2) is 3.88. The molecule has 2 N–H and O–H groups in total. The lowest BCUT2D eigenvalue weighted by Gasteiger charge is -2.03. The predicted molar refractivity (Wildman–Crippen MR) is 61.8 cm³/mol. The zero-order valence-corrected chi connectivity index (χ0v) is 9.14. The van der Waals surface area contributed by atoms with Gasteiger partial charge in [0.15, 0.2) is 0 Å². The van der Waals surface area contributed by atoms with Gasteiger partial charge in [-0.1, -0.05) is 6.07 Å². The Bertz CT molecular complexity index is 448. The average Bonchev–Trinajstić information content (AvgIpc) is 2.42. The van der Waals surface area contributed by atoms with Gasteiger partial charge >= 0.3 is 0 Å². The summed E-state index contributed by atoms with van der Waals surface area (Å²) in [5, 5.41) is 0. The number of fused-ring (bicyclic) bond motifs is 1. The zero-order valence-electron chi connectivity index (χ0n) is 8.32. The molecule has 0 radical (unpaired) electrons. The van der Waals surface area contributed by atoms with E-state index in [0.29, 0.717) is 0 Å². The number of aryl methyl sites for hydroxylation is 2. The van der Waals surface area contributed by atoms with Crippen LogP contribution in [0.15, 0.2) is 18.2 Å². The summed E-state index contributed by atoms with van der Waals surface area (Å²) in [4.78, 5) is 4.43. The molecule has 0 saturated heterocycles. The van der Waals surface area contributed by atoms with Crippen molar-refractivity contribution in [3.8, 4) is 0 Å². The van der Waals surface area contributed by atoms with Gasteiger partial charge in [-0.3, -0.25) is 0 Å². The van der Waals surface area contributed by atoms with Crippen molar-refractivity contribution >= 4 is 29.1 Å². The number of para-hydroxylation sites is 1. The van der Waals surface area contributed by atoms with Crippen LogP contribution < -0.4 is 5.73 Å². The fourth-order valence-corrected chi connectivity index (χ4v) is 1.72. The molecule has 0 unspecified atom stereocenters. The third-order valence-corrected chi connectivity index (χ3v) is 2.30. The molecule has 3 nitrogen and oxygen atoms in total. The Morgan fingerprint density at radius 1 is 1.43 bits per heavy atom. The molecule has 0 amide bonds. The number of anilines is 1. The zero-order chi connectivity index (χ0) is 9.42. The van der Waals surface area contributed by atoms with E-state index in [2.05, 4.69) is 16.5 Å². The van der Waals surface area contributed by atoms with Gasteiger partial charge in [0.1, 0.15) is 5.82 Å². The molecule has 0 spiro atoms. The predicted octanol–water partition coefficient (Wildman–Crippen LogP) is 2.37. The van der Waals surface area contributed by atoms with Gasteiger partial charge in [0.2, 0.25) is 0 Å². The fourth-order valence-electron chi connectivity index (χ4n) is 1.72. The number of aromatic nitrogens is 2. The molecular formula is C10H14ClN3. The van der Waals surface area contributed by atoms with E-state index >= 15 is 0 Å². The molecule has 2 aromatic rings. The monoisotopic (exact) mass is 211 g/mol. The van der Waals surface area contributed by atoms with Crippen molar-refractivity contribution in [3.05, 3.63) is 24.0 Å². The largest absolute Gasteiger partial charge is 0.397 e. The third kappa shape index (κ3) is 1.44. The van der Waals surface area contributed by atoms with Crippen LogP contribution in [0.4, 0.5) is 5.69 Å². The summed E-state index contributed by atoms with van der Waals surface area (Å²) >= 11 is 0. The minimum Gasteiger partial charge on any atom is -0.397 e. The third-order valence-electron chi connectivity index (χ3n) is 2.30. The standard InChI is InChI=1S/C10H13N3.ClH/c1-3-13-7(2)12-9-6-4-5-8(11)10(9)13;/h4-6H,3,11H2,1-2H3;1H. The smallest absolute Gasteiger partial charge is 0.106 e. The second-order valence-corrected chi connectivity index (χ2v) is 3.12. The molecule has 14 heavy (non-hydrogen) atoms. The highest BCUT2D eigenvalue weighted by Crippen LogP contribution is 2.21. The Morgan fingerprint density at radius 3 is 2.79 bits per heavy atom. The lowest BCUT2D eigenvalue weighted by atomic mass is 10.3. The number of benzene rings is 1. The molecular weight excluding hydrogens is 198 g/mol. The van der Waals surface area contributed by atoms with Crippen molar-refractivity contribution in [2.45, 2.75) is 20.4 Å². The first kappa shape index (κ1) is 10.9. The summed E-state index contributed by atoms with van der Waals surface area (Å²) in [7, 11) is 0. The Balaban J connectivity index is 0.000000980. The van der Waals surface area contributed by atoms with Gasteiger partial charge in [0, 0.05) is 6.54 Å². The van der Waals surface area contributed by atoms with Crippen LogP contribution >= 0.6 is 12.4 Å². The maximum Gasteiger partial charge on any atom is 0.106 e. The van der Waals surface area contributed by atoms with Crippen LogP contribution in [0.3, 0.4) is 0 Å². The van der Waals surface area contributed by atoms with Crippen molar-refractivity contribution in [2.24, 2.45) is 0 Å². The average molecular weight is 212 g/mol. The van der Waals surface area contributed by atoms with Crippen molar-refractivity contribution < 1.29 is 0 Å². The van der Waals surface area contributed by atoms with E-state index in [-0.39, 0.29) is 12.4 Å². The summed E-state index contributed by atoms with van der Waals surface area (Å²) in [6.45, 7) is 5.01. The highest BCUT2D eigenvalue weighted by Gasteiger charge is 2.07. The van der Waals surface area contributed by atoms with E-state index in [9.17, 15) is 0 Å². The molecule has 0 fully saturated rings. The van der Waals surface area contributed by atoms with E-state index < -0.39 is 0 Å². The minimum atomic E-state index is 0. The van der Waals surface area contributed by atoms with E-state index in [0.717, 1.165) is 29.1 Å². The minimum absolute atomic E-state index is 0. The van der Waals surface area contributed by atoms with Crippen LogP contribution in [0.2, 0.25) is 0 Å². The topological polar surface area (TPSA) is 43.8 Å². The summed E-state index contributed by atoms with van der Waals surface area (Å²) in [5.74, 6) is 1.02. The summed E-state index contributed by atoms with van der Waals surface area (Å²) < 4.78 is 2.13. The van der Waals surface area contributed by atoms with Gasteiger partial charge in [-0.2, -0.15) is 0 Å². The van der Waals surface area contributed by atoms with Crippen LogP contribution in [0, 0.1) is 6.92 Å². The number of nitrogen functional groups attached to an aromatic ring is 1. The lowest BCUT2D eigenvalue weighted by molar-refractivity contribution is 0.754. The summed E-state index contributed by atoms with van der Waals surface area (Å²) in [6.07, 6.45) is 0. The van der Waals surface area contributed by atoms with Crippen molar-refractivity contribution in [1.82, 2.24) is 9.55 Å². The highest BCUT2D eigenvalue weighted by atomic mass is 35.5. The van der Waals surface area contributed by atoms with Gasteiger partial charge < -0.3 is 10.3 Å². The molecule has 0 bridgehead atoms. The fraction of sp³-hybridized carbons (Fsp3) is 0.300. The molecule has 1 heterocycles. The number of rotatable bonds is 1. The lowest BCUT2D eigenvalue weighted by Crippen LogP contribution is -1.98. The van der Waals surface area contributed by atoms with E-state index in [1.165, 1.54) is 0 Å². The van der Waals surface area contributed by atoms with Gasteiger partial charge in [-0.15, -0.1) is 12.4 Å². The number of hydrogen-bond donors (Lipinski definition) is 1. The van der Waals surface area contributed by atoms with Gasteiger partial charge in [0.25, 0.3) is 0 Å². The molecule has 0 atom stereocenters. The molecule has 1 aromatic carbocycles. The molecule has 0 aliphatic heterocycles. The molecule has 0 saturated carbocycles. The highest BCUT2D eigenvalue weighted by molar-refractivity contribution is 5.87. The van der Waals surface area contributed by atoms with E-state index in [1.807, 2.05) is 25.1 Å². The molecule has 4 heteroatoms. The van der Waals surface area contributed by atoms with Crippen molar-refractivity contribution in [2.75, 3.05) is 5.73 Å². The molecule has 2 rings (SSSR count). The van der Waals surface area contributed by atoms with E-state index in [1.54, 1.807) is 0 Å². The number of hydrogen-bond acceptors (Lipinski definition) is 2. The number of nitrogens with two attached hydrogens (primary N) is 1. The number of imidazole rings is 1. The first-order valence-electron chi connectivity index (χ1n) is 4.45. The van der Waals surface area contributed by atoms with Crippen LogP contribution in [0.1, 0.15) is 12.7 Å². The van der Waals surface area contributed by atoms with Gasteiger partial charge in [0.05, 0.1) is 16.7 Å². The Labute approximate surface area is 89.3 Å². The van der Waals surface area contributed by atoms with Crippen LogP contribution in [-0.4, -0.2) is 9.55 Å². The Morgan fingerprint density at radius 2 is 2.14 bits per heavy atom. The van der Waals surface area contributed by atoms with Crippen LogP contribution in [-0.2, 0) is 6.54 Å². The van der Waals surface area contributed by atoms with Crippen LogP contribution in [0.5, 0.6) is 0 Å². The molecule has 0 aliphatic rings. The van der Waals surface area contributed by atoms with Crippen LogP contribution in [0.25, 0.3) is 11.0 Å². The Kier molecular flexibility index (Phi) is 3.01. The first-order valence-corrected chi connectivity index (χ1v) is 4.45.